The van der Waals surface area contributed by atoms with Crippen LogP contribution in [0, 0.1) is 60.7 Å². The van der Waals surface area contributed by atoms with E-state index in [4.69, 9.17) is 19.3 Å². The summed E-state index contributed by atoms with van der Waals surface area (Å²) in [6.07, 6.45) is 16.3. The Morgan fingerprint density at radius 3 is 1.00 bits per heavy atom. The van der Waals surface area contributed by atoms with Crippen LogP contribution >= 0.6 is 0 Å². The molecular weight excluding hydrogens is 336 g/mol. The van der Waals surface area contributed by atoms with E-state index in [0.29, 0.717) is 0 Å². The van der Waals surface area contributed by atoms with Crippen LogP contribution in [0.5, 0.6) is 0 Å². The summed E-state index contributed by atoms with van der Waals surface area (Å²) in [5, 5.41) is 0. The molecule has 3 aromatic rings. The highest BCUT2D eigenvalue weighted by Gasteiger charge is 1.97. The van der Waals surface area contributed by atoms with Crippen molar-refractivity contribution >= 4 is 0 Å². The van der Waals surface area contributed by atoms with Gasteiger partial charge in [0.1, 0.15) is 0 Å². The summed E-state index contributed by atoms with van der Waals surface area (Å²) < 4.78 is 0. The summed E-state index contributed by atoms with van der Waals surface area (Å²) in [4.78, 5) is 0. The van der Waals surface area contributed by atoms with Crippen molar-refractivity contribution < 1.29 is 0 Å². The SMILES string of the molecule is C#Cc1ccc(C#Cc2cc(C#C)cc(C#Cc3ccc(C#C)cc3)c2)cc1. The highest BCUT2D eigenvalue weighted by atomic mass is 14.0. The Hall–Kier alpha value is -4.54. The largest absolute Gasteiger partial charge is 0.115 e. The molecule has 0 nitrogen and oxygen atoms in total. The third-order valence-corrected chi connectivity index (χ3v) is 3.91. The lowest BCUT2D eigenvalue weighted by Gasteiger charge is -1.97. The molecule has 0 fully saturated rings. The van der Waals surface area contributed by atoms with E-state index in [2.05, 4.69) is 41.4 Å². The third kappa shape index (κ3) is 4.76. The Kier molecular flexibility index (Phi) is 5.68. The molecule has 0 bridgehead atoms. The van der Waals surface area contributed by atoms with Crippen molar-refractivity contribution in [2.75, 3.05) is 0 Å². The van der Waals surface area contributed by atoms with Crippen LogP contribution in [-0.2, 0) is 0 Å². The van der Waals surface area contributed by atoms with Crippen LogP contribution in [0.2, 0.25) is 0 Å². The van der Waals surface area contributed by atoms with Gasteiger partial charge in [-0.15, -0.1) is 19.3 Å². The molecule has 28 heavy (non-hydrogen) atoms. The highest BCUT2D eigenvalue weighted by molar-refractivity contribution is 5.54. The zero-order chi connectivity index (χ0) is 19.8. The summed E-state index contributed by atoms with van der Waals surface area (Å²) in [5.41, 5.74) is 5.77. The molecule has 0 aliphatic carbocycles. The van der Waals surface area contributed by atoms with Gasteiger partial charge in [-0.1, -0.05) is 41.4 Å². The van der Waals surface area contributed by atoms with Crippen LogP contribution in [0.4, 0.5) is 0 Å². The van der Waals surface area contributed by atoms with E-state index in [1.807, 2.05) is 66.7 Å². The van der Waals surface area contributed by atoms with E-state index < -0.39 is 0 Å². The van der Waals surface area contributed by atoms with Gasteiger partial charge in [0.05, 0.1) is 0 Å². The van der Waals surface area contributed by atoms with Gasteiger partial charge < -0.3 is 0 Å². The molecule has 0 atom stereocenters. The van der Waals surface area contributed by atoms with Gasteiger partial charge in [-0.05, 0) is 66.7 Å². The first-order valence-electron chi connectivity index (χ1n) is 8.49. The first-order chi connectivity index (χ1) is 13.7. The van der Waals surface area contributed by atoms with Crippen molar-refractivity contribution in [3.63, 3.8) is 0 Å². The third-order valence-electron chi connectivity index (χ3n) is 3.91. The van der Waals surface area contributed by atoms with E-state index in [-0.39, 0.29) is 0 Å². The molecule has 0 aromatic heterocycles. The van der Waals surface area contributed by atoms with Gasteiger partial charge >= 0.3 is 0 Å². The molecule has 0 heteroatoms. The zero-order valence-electron chi connectivity index (χ0n) is 15.1. The van der Waals surface area contributed by atoms with Crippen molar-refractivity contribution in [1.29, 1.82) is 0 Å². The minimum Gasteiger partial charge on any atom is -0.115 e. The molecule has 0 aliphatic heterocycles. The number of benzene rings is 3. The molecule has 0 aliphatic rings. The average molecular weight is 350 g/mol. The van der Waals surface area contributed by atoms with Gasteiger partial charge in [-0.2, -0.15) is 0 Å². The Labute approximate surface area is 166 Å². The monoisotopic (exact) mass is 350 g/mol. The van der Waals surface area contributed by atoms with Gasteiger partial charge in [0.2, 0.25) is 0 Å². The van der Waals surface area contributed by atoms with Crippen LogP contribution in [0.1, 0.15) is 38.9 Å². The normalized spacial score (nSPS) is 8.75. The van der Waals surface area contributed by atoms with Gasteiger partial charge in [0, 0.05) is 38.9 Å². The molecule has 0 heterocycles. The Morgan fingerprint density at radius 2 is 0.643 bits per heavy atom. The molecular formula is C28H14. The van der Waals surface area contributed by atoms with Crippen LogP contribution in [0.15, 0.2) is 66.7 Å². The molecule has 0 spiro atoms. The van der Waals surface area contributed by atoms with Crippen molar-refractivity contribution in [3.8, 4) is 60.7 Å². The molecule has 3 aromatic carbocycles. The second-order valence-electron chi connectivity index (χ2n) is 5.89. The molecule has 0 unspecified atom stereocenters. The Bertz CT molecular complexity index is 1160. The van der Waals surface area contributed by atoms with Crippen LogP contribution in [0.3, 0.4) is 0 Å². The fraction of sp³-hybridized carbons (Fsp3) is 0. The minimum absolute atomic E-state index is 0.737. The fourth-order valence-corrected chi connectivity index (χ4v) is 2.44. The van der Waals surface area contributed by atoms with Gasteiger partial charge in [0.15, 0.2) is 0 Å². The second kappa shape index (κ2) is 8.71. The quantitative estimate of drug-likeness (QED) is 0.526. The molecule has 0 N–H and O–H groups in total. The maximum atomic E-state index is 5.58. The second-order valence-corrected chi connectivity index (χ2v) is 5.89. The first kappa shape index (κ1) is 18.3. The van der Waals surface area contributed by atoms with E-state index in [9.17, 15) is 0 Å². The molecule has 0 radical (unpaired) electrons. The number of hydrogen-bond acceptors (Lipinski definition) is 0. The van der Waals surface area contributed by atoms with Crippen molar-refractivity contribution in [3.05, 3.63) is 106 Å². The molecule has 126 valence electrons. The van der Waals surface area contributed by atoms with E-state index in [1.54, 1.807) is 0 Å². The smallest absolute Gasteiger partial charge is 0.0273 e. The van der Waals surface area contributed by atoms with Crippen LogP contribution in [-0.4, -0.2) is 0 Å². The predicted molar refractivity (Wildman–Crippen MR) is 115 cm³/mol. The molecule has 0 saturated carbocycles. The lowest BCUT2D eigenvalue weighted by molar-refractivity contribution is 1.55. The highest BCUT2D eigenvalue weighted by Crippen LogP contribution is 2.10. The van der Waals surface area contributed by atoms with Crippen LogP contribution in [0.25, 0.3) is 0 Å². The summed E-state index contributed by atoms with van der Waals surface area (Å²) >= 11 is 0. The van der Waals surface area contributed by atoms with Gasteiger partial charge in [0.25, 0.3) is 0 Å². The zero-order valence-corrected chi connectivity index (χ0v) is 15.1. The van der Waals surface area contributed by atoms with Gasteiger partial charge in [-0.25, -0.2) is 0 Å². The van der Waals surface area contributed by atoms with E-state index in [1.165, 1.54) is 0 Å². The van der Waals surface area contributed by atoms with Crippen molar-refractivity contribution in [2.24, 2.45) is 0 Å². The van der Waals surface area contributed by atoms with E-state index in [0.717, 1.165) is 38.9 Å². The lowest BCUT2D eigenvalue weighted by Crippen LogP contribution is -1.85. The number of rotatable bonds is 0. The maximum Gasteiger partial charge on any atom is 0.0273 e. The fourth-order valence-electron chi connectivity index (χ4n) is 2.44. The summed E-state index contributed by atoms with van der Waals surface area (Å²) in [6, 6.07) is 20.7. The molecule has 0 saturated heterocycles. The van der Waals surface area contributed by atoms with Crippen molar-refractivity contribution in [1.82, 2.24) is 0 Å². The Balaban J connectivity index is 1.90. The standard InChI is InChI=1S/C28H14/c1-4-22-7-11-25(12-8-22)15-17-27-19-24(6-3)20-28(21-27)18-16-26-13-9-23(5-2)10-14-26/h1-3,7-14,19-21H. The van der Waals surface area contributed by atoms with Gasteiger partial charge in [-0.3, -0.25) is 0 Å². The minimum atomic E-state index is 0.737. The molecule has 0 amide bonds. The summed E-state index contributed by atoms with van der Waals surface area (Å²) in [6.45, 7) is 0. The number of terminal acetylenes is 3. The predicted octanol–water partition coefficient (Wildman–Crippen LogP) is 4.43. The van der Waals surface area contributed by atoms with Crippen molar-refractivity contribution in [2.45, 2.75) is 0 Å². The van der Waals surface area contributed by atoms with Crippen LogP contribution < -0.4 is 0 Å². The first-order valence-corrected chi connectivity index (χ1v) is 8.49. The van der Waals surface area contributed by atoms with E-state index >= 15 is 0 Å². The Morgan fingerprint density at radius 1 is 0.357 bits per heavy atom. The summed E-state index contributed by atoms with van der Waals surface area (Å²) in [5.74, 6) is 20.4. The average Bonchev–Trinajstić information content (AvgIpc) is 2.76. The topological polar surface area (TPSA) is 0 Å². The summed E-state index contributed by atoms with van der Waals surface area (Å²) in [7, 11) is 0. The maximum absolute atomic E-state index is 5.58. The molecule has 3 rings (SSSR count). The lowest BCUT2D eigenvalue weighted by atomic mass is 10.0. The number of hydrogen-bond donors (Lipinski definition) is 0.